The molecule has 0 spiro atoms. The van der Waals surface area contributed by atoms with E-state index in [1.54, 1.807) is 12.1 Å². The lowest BCUT2D eigenvalue weighted by molar-refractivity contribution is 0.0697. The SMILES string of the molecule is CC(C)(C)N(c1ccccc1)c1ccccc1C(=O)O. The molecule has 0 fully saturated rings. The fourth-order valence-corrected chi connectivity index (χ4v) is 2.31. The number of anilines is 2. The summed E-state index contributed by atoms with van der Waals surface area (Å²) in [4.78, 5) is 13.5. The molecule has 2 aromatic rings. The third kappa shape index (κ3) is 2.82. The molecule has 3 nitrogen and oxygen atoms in total. The van der Waals surface area contributed by atoms with Gasteiger partial charge in [-0.1, -0.05) is 30.3 Å². The van der Waals surface area contributed by atoms with Crippen LogP contribution in [0.4, 0.5) is 11.4 Å². The standard InChI is InChI=1S/C17H19NO2/c1-17(2,3)18(13-9-5-4-6-10-13)15-12-8-7-11-14(15)16(19)20/h4-12H,1-3H3,(H,19,20). The maximum absolute atomic E-state index is 11.5. The van der Waals surface area contributed by atoms with Crippen molar-refractivity contribution in [3.8, 4) is 0 Å². The molecule has 0 saturated carbocycles. The number of hydrogen-bond donors (Lipinski definition) is 1. The Morgan fingerprint density at radius 2 is 1.50 bits per heavy atom. The van der Waals surface area contributed by atoms with Crippen LogP contribution in [0.15, 0.2) is 54.6 Å². The van der Waals surface area contributed by atoms with Gasteiger partial charge in [0.15, 0.2) is 0 Å². The molecule has 0 aliphatic heterocycles. The van der Waals surface area contributed by atoms with Crippen molar-refractivity contribution in [3.05, 3.63) is 60.2 Å². The first kappa shape index (κ1) is 14.1. The van der Waals surface area contributed by atoms with Crippen molar-refractivity contribution in [3.63, 3.8) is 0 Å². The summed E-state index contributed by atoms with van der Waals surface area (Å²) < 4.78 is 0. The van der Waals surface area contributed by atoms with Gasteiger partial charge < -0.3 is 10.0 Å². The number of para-hydroxylation sites is 2. The average Bonchev–Trinajstić information content (AvgIpc) is 2.39. The monoisotopic (exact) mass is 269 g/mol. The van der Waals surface area contributed by atoms with Crippen LogP contribution < -0.4 is 4.90 Å². The Hall–Kier alpha value is -2.29. The van der Waals surface area contributed by atoms with Gasteiger partial charge in [0, 0.05) is 11.2 Å². The molecule has 0 bridgehead atoms. The lowest BCUT2D eigenvalue weighted by Crippen LogP contribution is -2.38. The smallest absolute Gasteiger partial charge is 0.337 e. The van der Waals surface area contributed by atoms with Gasteiger partial charge in [-0.05, 0) is 45.0 Å². The van der Waals surface area contributed by atoms with E-state index in [1.165, 1.54) is 0 Å². The highest BCUT2D eigenvalue weighted by Gasteiger charge is 2.26. The summed E-state index contributed by atoms with van der Waals surface area (Å²) in [6, 6.07) is 16.9. The third-order valence-electron chi connectivity index (χ3n) is 3.06. The maximum atomic E-state index is 11.5. The minimum atomic E-state index is -0.911. The molecule has 2 rings (SSSR count). The van der Waals surface area contributed by atoms with Crippen molar-refractivity contribution in [1.29, 1.82) is 0 Å². The van der Waals surface area contributed by atoms with Gasteiger partial charge in [0.05, 0.1) is 11.3 Å². The summed E-state index contributed by atoms with van der Waals surface area (Å²) in [6.07, 6.45) is 0. The zero-order valence-corrected chi connectivity index (χ0v) is 12.0. The number of nitrogens with zero attached hydrogens (tertiary/aromatic N) is 1. The molecule has 0 amide bonds. The highest BCUT2D eigenvalue weighted by atomic mass is 16.4. The van der Waals surface area contributed by atoms with E-state index in [4.69, 9.17) is 0 Å². The van der Waals surface area contributed by atoms with Gasteiger partial charge in [-0.2, -0.15) is 0 Å². The van der Waals surface area contributed by atoms with E-state index in [-0.39, 0.29) is 5.54 Å². The van der Waals surface area contributed by atoms with E-state index in [0.717, 1.165) is 5.69 Å². The van der Waals surface area contributed by atoms with Crippen LogP contribution >= 0.6 is 0 Å². The number of rotatable bonds is 3. The topological polar surface area (TPSA) is 40.5 Å². The molecule has 104 valence electrons. The number of carboxylic acid groups (broad SMARTS) is 1. The molecule has 0 aromatic heterocycles. The van der Waals surface area contributed by atoms with E-state index in [1.807, 2.05) is 42.5 Å². The molecule has 20 heavy (non-hydrogen) atoms. The molecule has 1 N–H and O–H groups in total. The molecule has 0 saturated heterocycles. The number of benzene rings is 2. The Morgan fingerprint density at radius 1 is 0.950 bits per heavy atom. The van der Waals surface area contributed by atoms with Crippen molar-refractivity contribution in [1.82, 2.24) is 0 Å². The Bertz CT molecular complexity index is 600. The Kier molecular flexibility index (Phi) is 3.79. The summed E-state index contributed by atoms with van der Waals surface area (Å²) in [5.74, 6) is -0.911. The molecule has 2 aromatic carbocycles. The van der Waals surface area contributed by atoms with Gasteiger partial charge in [0.2, 0.25) is 0 Å². The second kappa shape index (κ2) is 5.37. The molecule has 0 unspecified atom stereocenters. The minimum Gasteiger partial charge on any atom is -0.478 e. The second-order valence-corrected chi connectivity index (χ2v) is 5.66. The quantitative estimate of drug-likeness (QED) is 0.902. The first-order valence-electron chi connectivity index (χ1n) is 6.59. The summed E-state index contributed by atoms with van der Waals surface area (Å²) in [5.41, 5.74) is 1.77. The molecule has 0 aliphatic rings. The van der Waals surface area contributed by atoms with E-state index < -0.39 is 5.97 Å². The normalized spacial score (nSPS) is 11.2. The number of hydrogen-bond acceptors (Lipinski definition) is 2. The van der Waals surface area contributed by atoms with E-state index in [9.17, 15) is 9.90 Å². The predicted molar refractivity (Wildman–Crippen MR) is 81.7 cm³/mol. The lowest BCUT2D eigenvalue weighted by atomic mass is 10.0. The van der Waals surface area contributed by atoms with Gasteiger partial charge in [-0.15, -0.1) is 0 Å². The Labute approximate surface area is 119 Å². The maximum Gasteiger partial charge on any atom is 0.337 e. The van der Waals surface area contributed by atoms with Gasteiger partial charge in [-0.3, -0.25) is 0 Å². The van der Waals surface area contributed by atoms with Crippen LogP contribution in [-0.4, -0.2) is 16.6 Å². The Balaban J connectivity index is 2.63. The fraction of sp³-hybridized carbons (Fsp3) is 0.235. The van der Waals surface area contributed by atoms with Gasteiger partial charge in [0.1, 0.15) is 0 Å². The first-order chi connectivity index (χ1) is 9.41. The second-order valence-electron chi connectivity index (χ2n) is 5.66. The van der Waals surface area contributed by atoms with Crippen LogP contribution in [-0.2, 0) is 0 Å². The molecule has 0 heterocycles. The fourth-order valence-electron chi connectivity index (χ4n) is 2.31. The van der Waals surface area contributed by atoms with Gasteiger partial charge in [-0.25, -0.2) is 4.79 Å². The van der Waals surface area contributed by atoms with Crippen molar-refractivity contribution >= 4 is 17.3 Å². The highest BCUT2D eigenvalue weighted by molar-refractivity contribution is 5.95. The molecule has 0 radical (unpaired) electrons. The zero-order valence-electron chi connectivity index (χ0n) is 12.0. The summed E-state index contributed by atoms with van der Waals surface area (Å²) in [7, 11) is 0. The van der Waals surface area contributed by atoms with Gasteiger partial charge >= 0.3 is 5.97 Å². The lowest BCUT2D eigenvalue weighted by Gasteiger charge is -2.38. The predicted octanol–water partition coefficient (Wildman–Crippen LogP) is 4.32. The van der Waals surface area contributed by atoms with Crippen LogP contribution in [0.3, 0.4) is 0 Å². The van der Waals surface area contributed by atoms with Crippen molar-refractivity contribution in [2.24, 2.45) is 0 Å². The summed E-state index contributed by atoms with van der Waals surface area (Å²) in [6.45, 7) is 6.20. The van der Waals surface area contributed by atoms with Crippen molar-refractivity contribution < 1.29 is 9.90 Å². The molecule has 0 aliphatic carbocycles. The van der Waals surface area contributed by atoms with E-state index in [0.29, 0.717) is 11.3 Å². The summed E-state index contributed by atoms with van der Waals surface area (Å²) >= 11 is 0. The first-order valence-corrected chi connectivity index (χ1v) is 6.59. The molecule has 3 heteroatoms. The average molecular weight is 269 g/mol. The third-order valence-corrected chi connectivity index (χ3v) is 3.06. The number of carbonyl (C=O) groups is 1. The minimum absolute atomic E-state index is 0.229. The van der Waals surface area contributed by atoms with Crippen LogP contribution in [0.2, 0.25) is 0 Å². The van der Waals surface area contributed by atoms with Crippen LogP contribution in [0.25, 0.3) is 0 Å². The van der Waals surface area contributed by atoms with Crippen molar-refractivity contribution in [2.75, 3.05) is 4.90 Å². The van der Waals surface area contributed by atoms with Gasteiger partial charge in [0.25, 0.3) is 0 Å². The Morgan fingerprint density at radius 3 is 2.05 bits per heavy atom. The molecule has 0 atom stereocenters. The molecular weight excluding hydrogens is 250 g/mol. The van der Waals surface area contributed by atoms with E-state index >= 15 is 0 Å². The largest absolute Gasteiger partial charge is 0.478 e. The van der Waals surface area contributed by atoms with E-state index in [2.05, 4.69) is 25.7 Å². The number of aromatic carboxylic acids is 1. The van der Waals surface area contributed by atoms with Crippen molar-refractivity contribution in [2.45, 2.75) is 26.3 Å². The zero-order chi connectivity index (χ0) is 14.8. The number of carboxylic acids is 1. The van der Waals surface area contributed by atoms with Crippen LogP contribution in [0, 0.1) is 0 Å². The van der Waals surface area contributed by atoms with Crippen LogP contribution in [0.5, 0.6) is 0 Å². The van der Waals surface area contributed by atoms with Crippen LogP contribution in [0.1, 0.15) is 31.1 Å². The highest BCUT2D eigenvalue weighted by Crippen LogP contribution is 2.35. The summed E-state index contributed by atoms with van der Waals surface area (Å²) in [5, 5.41) is 9.40. The molecular formula is C17H19NO2.